The highest BCUT2D eigenvalue weighted by molar-refractivity contribution is 5.99. The smallest absolute Gasteiger partial charge is 0.140 e. The van der Waals surface area contributed by atoms with Gasteiger partial charge < -0.3 is 4.74 Å². The molecule has 2 aliphatic carbocycles. The van der Waals surface area contributed by atoms with Gasteiger partial charge in [0.2, 0.25) is 0 Å². The van der Waals surface area contributed by atoms with Gasteiger partial charge in [0.1, 0.15) is 11.5 Å². The molecule has 0 aromatic heterocycles. The maximum Gasteiger partial charge on any atom is 0.140 e. The fourth-order valence-electron chi connectivity index (χ4n) is 6.45. The third-order valence-electron chi connectivity index (χ3n) is 7.86. The van der Waals surface area contributed by atoms with Crippen LogP contribution < -0.4 is 4.74 Å². The summed E-state index contributed by atoms with van der Waals surface area (Å²) in [5, 5.41) is 2.38. The van der Waals surface area contributed by atoms with Crippen LogP contribution in [0.5, 0.6) is 11.5 Å². The zero-order valence-electron chi connectivity index (χ0n) is 19.6. The molecule has 4 aromatic carbocycles. The largest absolute Gasteiger partial charge is 0.456 e. The van der Waals surface area contributed by atoms with Gasteiger partial charge in [-0.25, -0.2) is 0 Å². The number of benzene rings is 4. The van der Waals surface area contributed by atoms with Crippen molar-refractivity contribution in [1.29, 1.82) is 0 Å². The second kappa shape index (κ2) is 7.08. The lowest BCUT2D eigenvalue weighted by atomic mass is 9.64. The summed E-state index contributed by atoms with van der Waals surface area (Å²) in [6.07, 6.45) is 11.4. The van der Waals surface area contributed by atoms with Gasteiger partial charge in [-0.15, -0.1) is 0 Å². The van der Waals surface area contributed by atoms with Gasteiger partial charge in [-0.3, -0.25) is 0 Å². The van der Waals surface area contributed by atoms with Gasteiger partial charge in [0.05, 0.1) is 5.41 Å². The van der Waals surface area contributed by atoms with Crippen LogP contribution in [0.1, 0.15) is 53.1 Å². The summed E-state index contributed by atoms with van der Waals surface area (Å²) in [7, 11) is 0. The summed E-state index contributed by atoms with van der Waals surface area (Å²) >= 11 is 0. The molecule has 3 aliphatic rings. The molecule has 1 spiro atoms. The molecule has 1 heteroatoms. The second-order valence-corrected chi connectivity index (χ2v) is 9.53. The molecule has 164 valence electrons. The molecule has 1 heterocycles. The molecule has 7 rings (SSSR count). The van der Waals surface area contributed by atoms with Gasteiger partial charge >= 0.3 is 0 Å². The van der Waals surface area contributed by atoms with Crippen LogP contribution in [0.4, 0.5) is 0 Å². The Kier molecular flexibility index (Phi) is 4.08. The molecular formula is C33H26O. The van der Waals surface area contributed by atoms with E-state index in [-0.39, 0.29) is 5.41 Å². The molecular weight excluding hydrogens is 412 g/mol. The maximum absolute atomic E-state index is 6.91. The number of allylic oxidation sites excluding steroid dienone is 5. The predicted octanol–water partition coefficient (Wildman–Crippen LogP) is 8.74. The van der Waals surface area contributed by atoms with E-state index in [2.05, 4.69) is 111 Å². The molecule has 0 saturated heterocycles. The normalized spacial score (nSPS) is 19.8. The van der Waals surface area contributed by atoms with Gasteiger partial charge in [0.15, 0.2) is 0 Å². The first-order valence-corrected chi connectivity index (χ1v) is 12.2. The fraction of sp³-hybridized carbons (Fsp3) is 0.152. The third kappa shape index (κ3) is 2.34. The Morgan fingerprint density at radius 1 is 0.765 bits per heavy atom. The Balaban J connectivity index is 1.69. The standard InChI is InChI=1S/C33H26O/c1-3-10-22-17-19-29-31(21(22)2)34-32-24-12-5-4-11-23(24)18-20-30(32)33(29)27-15-8-6-13-25(27)26-14-7-9-16-28(26)33/h3-6,8,10-20H,7,9H2,1-2H3/b10-3-. The van der Waals surface area contributed by atoms with Gasteiger partial charge in [-0.1, -0.05) is 97.1 Å². The van der Waals surface area contributed by atoms with Crippen LogP contribution in [0.25, 0.3) is 22.4 Å². The lowest BCUT2D eigenvalue weighted by molar-refractivity contribution is 0.438. The van der Waals surface area contributed by atoms with E-state index in [0.29, 0.717) is 0 Å². The highest BCUT2D eigenvalue weighted by atomic mass is 16.5. The van der Waals surface area contributed by atoms with E-state index in [0.717, 1.165) is 24.3 Å². The van der Waals surface area contributed by atoms with E-state index in [1.165, 1.54) is 55.3 Å². The minimum Gasteiger partial charge on any atom is -0.456 e. The first-order chi connectivity index (χ1) is 16.7. The SMILES string of the molecule is C/C=C\c1ccc2c(c1C)Oc1c(ccc3ccccc13)C21C2=CCCC=C2c2ccccc21. The van der Waals surface area contributed by atoms with E-state index in [4.69, 9.17) is 4.74 Å². The Morgan fingerprint density at radius 3 is 2.44 bits per heavy atom. The molecule has 4 aromatic rings. The van der Waals surface area contributed by atoms with Crippen LogP contribution in [0.15, 0.2) is 96.6 Å². The van der Waals surface area contributed by atoms with Gasteiger partial charge in [-0.2, -0.15) is 0 Å². The van der Waals surface area contributed by atoms with E-state index in [1.54, 1.807) is 0 Å². The molecule has 1 atom stereocenters. The van der Waals surface area contributed by atoms with E-state index in [1.807, 2.05) is 0 Å². The fourth-order valence-corrected chi connectivity index (χ4v) is 6.45. The van der Waals surface area contributed by atoms with Crippen LogP contribution in [-0.2, 0) is 5.41 Å². The van der Waals surface area contributed by atoms with Gasteiger partial charge in [0, 0.05) is 16.5 Å². The molecule has 0 saturated carbocycles. The summed E-state index contributed by atoms with van der Waals surface area (Å²) in [6.45, 7) is 4.27. The summed E-state index contributed by atoms with van der Waals surface area (Å²) < 4.78 is 6.91. The zero-order chi connectivity index (χ0) is 22.9. The summed E-state index contributed by atoms with van der Waals surface area (Å²) in [5.74, 6) is 2.00. The zero-order valence-corrected chi connectivity index (χ0v) is 19.6. The van der Waals surface area contributed by atoms with Crippen molar-refractivity contribution in [1.82, 2.24) is 0 Å². The molecule has 34 heavy (non-hydrogen) atoms. The van der Waals surface area contributed by atoms with Crippen LogP contribution >= 0.6 is 0 Å². The minimum atomic E-state index is -0.366. The van der Waals surface area contributed by atoms with Crippen LogP contribution in [-0.4, -0.2) is 0 Å². The van der Waals surface area contributed by atoms with Crippen LogP contribution in [0, 0.1) is 6.92 Å². The van der Waals surface area contributed by atoms with E-state index < -0.39 is 0 Å². The minimum absolute atomic E-state index is 0.366. The third-order valence-corrected chi connectivity index (χ3v) is 7.86. The predicted molar refractivity (Wildman–Crippen MR) is 142 cm³/mol. The molecule has 0 fully saturated rings. The molecule has 0 radical (unpaired) electrons. The quantitative estimate of drug-likeness (QED) is 0.289. The Morgan fingerprint density at radius 2 is 1.53 bits per heavy atom. The molecule has 1 unspecified atom stereocenters. The highest BCUT2D eigenvalue weighted by Gasteiger charge is 2.53. The Hall–Kier alpha value is -3.84. The summed E-state index contributed by atoms with van der Waals surface area (Å²) in [4.78, 5) is 0. The second-order valence-electron chi connectivity index (χ2n) is 9.53. The first-order valence-electron chi connectivity index (χ1n) is 12.2. The van der Waals surface area contributed by atoms with Gasteiger partial charge in [0.25, 0.3) is 0 Å². The number of ether oxygens (including phenoxy) is 1. The average Bonchev–Trinajstić information content (AvgIpc) is 3.17. The van der Waals surface area contributed by atoms with Crippen molar-refractivity contribution >= 4 is 22.4 Å². The van der Waals surface area contributed by atoms with Crippen molar-refractivity contribution in [3.05, 3.63) is 130 Å². The van der Waals surface area contributed by atoms with Crippen LogP contribution in [0.3, 0.4) is 0 Å². The summed E-state index contributed by atoms with van der Waals surface area (Å²) in [5.41, 5.74) is 10.1. The van der Waals surface area contributed by atoms with Crippen molar-refractivity contribution < 1.29 is 4.74 Å². The lowest BCUT2D eigenvalue weighted by Crippen LogP contribution is -2.33. The topological polar surface area (TPSA) is 9.23 Å². The van der Waals surface area contributed by atoms with Crippen molar-refractivity contribution in [2.75, 3.05) is 0 Å². The van der Waals surface area contributed by atoms with Gasteiger partial charge in [-0.05, 0) is 65.5 Å². The van der Waals surface area contributed by atoms with Crippen molar-refractivity contribution in [2.24, 2.45) is 0 Å². The van der Waals surface area contributed by atoms with E-state index >= 15 is 0 Å². The van der Waals surface area contributed by atoms with Crippen LogP contribution in [0.2, 0.25) is 0 Å². The maximum atomic E-state index is 6.91. The molecule has 1 aliphatic heterocycles. The molecule has 1 nitrogen and oxygen atoms in total. The Bertz CT molecular complexity index is 1600. The lowest BCUT2D eigenvalue weighted by Gasteiger charge is -2.41. The van der Waals surface area contributed by atoms with E-state index in [9.17, 15) is 0 Å². The number of fused-ring (bicyclic) bond motifs is 11. The highest BCUT2D eigenvalue weighted by Crippen LogP contribution is 2.65. The Labute approximate surface area is 200 Å². The average molecular weight is 439 g/mol. The van der Waals surface area contributed by atoms with Crippen molar-refractivity contribution in [2.45, 2.75) is 32.1 Å². The monoisotopic (exact) mass is 438 g/mol. The van der Waals surface area contributed by atoms with Crippen molar-refractivity contribution in [3.8, 4) is 11.5 Å². The summed E-state index contributed by atoms with van der Waals surface area (Å²) in [6, 6.07) is 26.7. The first kappa shape index (κ1) is 19.6. The molecule has 0 N–H and O–H groups in total. The molecule has 0 bridgehead atoms. The number of hydrogen-bond acceptors (Lipinski definition) is 1. The molecule has 0 amide bonds. The van der Waals surface area contributed by atoms with Crippen molar-refractivity contribution in [3.63, 3.8) is 0 Å². The number of hydrogen-bond donors (Lipinski definition) is 0. The number of rotatable bonds is 1.